The zero-order valence-electron chi connectivity index (χ0n) is 15.9. The Labute approximate surface area is 150 Å². The predicted molar refractivity (Wildman–Crippen MR) is 102 cm³/mol. The second-order valence-corrected chi connectivity index (χ2v) is 6.09. The molecule has 0 aliphatic rings. The monoisotopic (exact) mass is 343 g/mol. The SMILES string of the molecule is CN=C(NCCCOc1ccccc1C)NCc1c(C)nn(C)c1C. The van der Waals surface area contributed by atoms with Crippen molar-refractivity contribution in [3.8, 4) is 5.75 Å². The van der Waals surface area contributed by atoms with E-state index in [2.05, 4.69) is 40.6 Å². The van der Waals surface area contributed by atoms with Gasteiger partial charge in [-0.25, -0.2) is 0 Å². The summed E-state index contributed by atoms with van der Waals surface area (Å²) in [5.41, 5.74) is 4.60. The maximum absolute atomic E-state index is 5.80. The zero-order valence-corrected chi connectivity index (χ0v) is 15.9. The number of nitrogens with one attached hydrogen (secondary N) is 2. The average molecular weight is 343 g/mol. The molecule has 0 unspecified atom stereocenters. The van der Waals surface area contributed by atoms with Gasteiger partial charge in [-0.3, -0.25) is 9.67 Å². The quantitative estimate of drug-likeness (QED) is 0.461. The minimum atomic E-state index is 0.676. The highest BCUT2D eigenvalue weighted by Crippen LogP contribution is 2.16. The van der Waals surface area contributed by atoms with Crippen molar-refractivity contribution in [2.45, 2.75) is 33.7 Å². The highest BCUT2D eigenvalue weighted by atomic mass is 16.5. The molecule has 136 valence electrons. The van der Waals surface area contributed by atoms with Crippen LogP contribution in [0.3, 0.4) is 0 Å². The van der Waals surface area contributed by atoms with Gasteiger partial charge in [-0.15, -0.1) is 0 Å². The lowest BCUT2D eigenvalue weighted by Crippen LogP contribution is -2.37. The fraction of sp³-hybridized carbons (Fsp3) is 0.474. The standard InChI is InChI=1S/C19H29N5O/c1-14-9-6-7-10-18(14)25-12-8-11-21-19(20-4)22-13-17-15(2)23-24(5)16(17)3/h6-7,9-10H,8,11-13H2,1-5H3,(H2,20,21,22). The number of aromatic nitrogens is 2. The number of hydrogen-bond donors (Lipinski definition) is 2. The van der Waals surface area contributed by atoms with E-state index in [1.54, 1.807) is 7.05 Å². The van der Waals surface area contributed by atoms with E-state index in [4.69, 9.17) is 4.74 Å². The molecule has 0 fully saturated rings. The van der Waals surface area contributed by atoms with Crippen LogP contribution in [-0.4, -0.2) is 35.9 Å². The van der Waals surface area contributed by atoms with Gasteiger partial charge in [-0.1, -0.05) is 18.2 Å². The average Bonchev–Trinajstić information content (AvgIpc) is 2.84. The van der Waals surface area contributed by atoms with E-state index in [1.165, 1.54) is 11.3 Å². The Morgan fingerprint density at radius 2 is 1.96 bits per heavy atom. The number of aryl methyl sites for hydroxylation is 3. The molecular formula is C19H29N5O. The number of guanidine groups is 1. The Morgan fingerprint density at radius 1 is 1.20 bits per heavy atom. The van der Waals surface area contributed by atoms with Crippen LogP contribution in [0.1, 0.15) is 28.9 Å². The number of rotatable bonds is 7. The first-order valence-corrected chi connectivity index (χ1v) is 8.65. The van der Waals surface area contributed by atoms with Gasteiger partial charge in [0, 0.05) is 38.4 Å². The second kappa shape index (κ2) is 9.11. The second-order valence-electron chi connectivity index (χ2n) is 6.09. The van der Waals surface area contributed by atoms with E-state index >= 15 is 0 Å². The Balaban J connectivity index is 1.71. The first-order chi connectivity index (χ1) is 12.0. The van der Waals surface area contributed by atoms with Gasteiger partial charge in [0.15, 0.2) is 5.96 Å². The molecule has 6 heteroatoms. The molecule has 1 aromatic heterocycles. The Kier molecular flexibility index (Phi) is 6.86. The third-order valence-corrected chi connectivity index (χ3v) is 4.28. The van der Waals surface area contributed by atoms with E-state index in [1.807, 2.05) is 36.9 Å². The van der Waals surface area contributed by atoms with Gasteiger partial charge in [0.1, 0.15) is 5.75 Å². The minimum absolute atomic E-state index is 0.676. The molecular weight excluding hydrogens is 314 g/mol. The van der Waals surface area contributed by atoms with Gasteiger partial charge in [-0.05, 0) is 38.8 Å². The normalized spacial score (nSPS) is 11.5. The number of ether oxygens (including phenoxy) is 1. The number of para-hydroxylation sites is 1. The van der Waals surface area contributed by atoms with Crippen LogP contribution in [0.5, 0.6) is 5.75 Å². The van der Waals surface area contributed by atoms with Gasteiger partial charge >= 0.3 is 0 Å². The summed E-state index contributed by atoms with van der Waals surface area (Å²) in [7, 11) is 3.75. The van der Waals surface area contributed by atoms with Crippen molar-refractivity contribution >= 4 is 5.96 Å². The van der Waals surface area contributed by atoms with Crippen LogP contribution in [0.25, 0.3) is 0 Å². The van der Waals surface area contributed by atoms with Gasteiger partial charge < -0.3 is 15.4 Å². The molecule has 2 N–H and O–H groups in total. The van der Waals surface area contributed by atoms with E-state index in [-0.39, 0.29) is 0 Å². The molecule has 6 nitrogen and oxygen atoms in total. The number of aliphatic imine (C=N–C) groups is 1. The summed E-state index contributed by atoms with van der Waals surface area (Å²) < 4.78 is 7.71. The molecule has 0 radical (unpaired) electrons. The summed E-state index contributed by atoms with van der Waals surface area (Å²) in [5.74, 6) is 1.74. The van der Waals surface area contributed by atoms with Crippen molar-refractivity contribution in [2.75, 3.05) is 20.2 Å². The molecule has 0 aliphatic heterocycles. The highest BCUT2D eigenvalue weighted by Gasteiger charge is 2.09. The van der Waals surface area contributed by atoms with Crippen LogP contribution < -0.4 is 15.4 Å². The smallest absolute Gasteiger partial charge is 0.191 e. The summed E-state index contributed by atoms with van der Waals surface area (Å²) in [5, 5.41) is 11.1. The molecule has 2 aromatic rings. The fourth-order valence-corrected chi connectivity index (χ4v) is 2.65. The largest absolute Gasteiger partial charge is 0.493 e. The van der Waals surface area contributed by atoms with Crippen LogP contribution in [-0.2, 0) is 13.6 Å². The Bertz CT molecular complexity index is 721. The first-order valence-electron chi connectivity index (χ1n) is 8.65. The van der Waals surface area contributed by atoms with Gasteiger partial charge in [0.05, 0.1) is 12.3 Å². The minimum Gasteiger partial charge on any atom is -0.493 e. The summed E-state index contributed by atoms with van der Waals surface area (Å²) in [6.45, 7) is 8.36. The Hall–Kier alpha value is -2.50. The number of hydrogen-bond acceptors (Lipinski definition) is 3. The van der Waals surface area contributed by atoms with Gasteiger partial charge in [-0.2, -0.15) is 5.10 Å². The fourth-order valence-electron chi connectivity index (χ4n) is 2.65. The molecule has 0 saturated heterocycles. The summed E-state index contributed by atoms with van der Waals surface area (Å²) >= 11 is 0. The molecule has 25 heavy (non-hydrogen) atoms. The summed E-state index contributed by atoms with van der Waals surface area (Å²) in [4.78, 5) is 4.27. The lowest BCUT2D eigenvalue weighted by molar-refractivity contribution is 0.309. The molecule has 1 heterocycles. The molecule has 0 aliphatic carbocycles. The van der Waals surface area contributed by atoms with Crippen LogP contribution >= 0.6 is 0 Å². The molecule has 0 atom stereocenters. The van der Waals surface area contributed by atoms with Gasteiger partial charge in [0.25, 0.3) is 0 Å². The number of benzene rings is 1. The highest BCUT2D eigenvalue weighted by molar-refractivity contribution is 5.79. The summed E-state index contributed by atoms with van der Waals surface area (Å²) in [6.07, 6.45) is 0.903. The van der Waals surface area contributed by atoms with E-state index in [0.717, 1.165) is 35.9 Å². The molecule has 0 saturated carbocycles. The Morgan fingerprint density at radius 3 is 2.60 bits per heavy atom. The molecule has 0 amide bonds. The molecule has 2 rings (SSSR count). The first kappa shape index (κ1) is 18.8. The zero-order chi connectivity index (χ0) is 18.2. The summed E-state index contributed by atoms with van der Waals surface area (Å²) in [6, 6.07) is 8.07. The van der Waals surface area contributed by atoms with Crippen molar-refractivity contribution in [3.63, 3.8) is 0 Å². The van der Waals surface area contributed by atoms with Gasteiger partial charge in [0.2, 0.25) is 0 Å². The van der Waals surface area contributed by atoms with E-state index < -0.39 is 0 Å². The molecule has 1 aromatic carbocycles. The third-order valence-electron chi connectivity index (χ3n) is 4.28. The van der Waals surface area contributed by atoms with Crippen molar-refractivity contribution in [2.24, 2.45) is 12.0 Å². The third kappa shape index (κ3) is 5.24. The van der Waals surface area contributed by atoms with Crippen molar-refractivity contribution in [3.05, 3.63) is 46.8 Å². The lowest BCUT2D eigenvalue weighted by atomic mass is 10.2. The topological polar surface area (TPSA) is 63.5 Å². The van der Waals surface area contributed by atoms with Crippen molar-refractivity contribution in [1.29, 1.82) is 0 Å². The maximum Gasteiger partial charge on any atom is 0.191 e. The lowest BCUT2D eigenvalue weighted by Gasteiger charge is -2.13. The predicted octanol–water partition coefficient (Wildman–Crippen LogP) is 2.48. The molecule has 0 bridgehead atoms. The van der Waals surface area contributed by atoms with Crippen molar-refractivity contribution < 1.29 is 4.74 Å². The molecule has 0 spiro atoms. The maximum atomic E-state index is 5.80. The van der Waals surface area contributed by atoms with E-state index in [0.29, 0.717) is 13.2 Å². The van der Waals surface area contributed by atoms with Crippen LogP contribution in [0, 0.1) is 20.8 Å². The van der Waals surface area contributed by atoms with Crippen molar-refractivity contribution in [1.82, 2.24) is 20.4 Å². The van der Waals surface area contributed by atoms with Crippen LogP contribution in [0.15, 0.2) is 29.3 Å². The van der Waals surface area contributed by atoms with E-state index in [9.17, 15) is 0 Å². The van der Waals surface area contributed by atoms with Crippen LogP contribution in [0.4, 0.5) is 0 Å². The number of nitrogens with zero attached hydrogens (tertiary/aromatic N) is 3. The van der Waals surface area contributed by atoms with Crippen LogP contribution in [0.2, 0.25) is 0 Å².